The number of aromatic nitrogens is 1. The summed E-state index contributed by atoms with van der Waals surface area (Å²) >= 11 is 0. The van der Waals surface area contributed by atoms with E-state index in [1.165, 1.54) is 23.1 Å². The number of amides is 2. The first kappa shape index (κ1) is 36.2. The number of hydrogen-bond donors (Lipinski definition) is 0. The number of likely N-dealkylation sites (tertiary alicyclic amines) is 3. The lowest BCUT2D eigenvalue weighted by Gasteiger charge is -2.37. The van der Waals surface area contributed by atoms with Gasteiger partial charge in [0.05, 0.1) is 24.2 Å². The quantitative estimate of drug-likeness (QED) is 0.162. The van der Waals surface area contributed by atoms with Crippen LogP contribution in [0.3, 0.4) is 0 Å². The molecule has 6 heterocycles. The zero-order valence-electron chi connectivity index (χ0n) is 32.3. The Morgan fingerprint density at radius 1 is 0.679 bits per heavy atom. The minimum atomic E-state index is -0.227. The normalized spacial score (nSPS) is 21.9. The Morgan fingerprint density at radius 3 is 1.80 bits per heavy atom. The molecule has 286 valence electrons. The molecule has 3 fully saturated rings. The maximum atomic E-state index is 14.4. The molecule has 0 aliphatic carbocycles. The van der Waals surface area contributed by atoms with Crippen molar-refractivity contribution in [3.05, 3.63) is 125 Å². The van der Waals surface area contributed by atoms with E-state index < -0.39 is 0 Å². The van der Waals surface area contributed by atoms with Crippen LogP contribution in [0.1, 0.15) is 92.0 Å². The summed E-state index contributed by atoms with van der Waals surface area (Å²) in [6.07, 6.45) is 13.2. The van der Waals surface area contributed by atoms with E-state index in [4.69, 9.17) is 14.5 Å². The Balaban J connectivity index is 0.806. The molecule has 56 heavy (non-hydrogen) atoms. The number of rotatable bonds is 10. The maximum Gasteiger partial charge on any atom is 0.245 e. The lowest BCUT2D eigenvalue weighted by atomic mass is 9.94. The molecule has 0 radical (unpaired) electrons. The minimum absolute atomic E-state index is 0.0329. The van der Waals surface area contributed by atoms with E-state index in [2.05, 4.69) is 87.8 Å². The van der Waals surface area contributed by atoms with E-state index in [0.29, 0.717) is 5.76 Å². The molecule has 0 unspecified atom stereocenters. The smallest absolute Gasteiger partial charge is 0.245 e. The van der Waals surface area contributed by atoms with Crippen LogP contribution in [0.15, 0.2) is 112 Å². The third-order valence-electron chi connectivity index (χ3n) is 12.3. The average Bonchev–Trinajstić information content (AvgIpc) is 4.09. The van der Waals surface area contributed by atoms with Crippen LogP contribution in [0.5, 0.6) is 0 Å². The predicted octanol–water partition coefficient (Wildman–Crippen LogP) is 8.47. The number of nitrogens with zero attached hydrogens (tertiary/aromatic N) is 6. The number of aliphatic imine (C=N–C) groups is 2. The lowest BCUT2D eigenvalue weighted by Crippen LogP contribution is -2.48. The fourth-order valence-corrected chi connectivity index (χ4v) is 9.43. The van der Waals surface area contributed by atoms with Gasteiger partial charge in [-0.05, 0) is 97.5 Å². The van der Waals surface area contributed by atoms with Crippen LogP contribution in [-0.4, -0.2) is 81.4 Å². The van der Waals surface area contributed by atoms with Gasteiger partial charge < -0.3 is 14.3 Å². The summed E-state index contributed by atoms with van der Waals surface area (Å²) in [5.41, 5.74) is 11.1. The van der Waals surface area contributed by atoms with Crippen LogP contribution < -0.4 is 0 Å². The highest BCUT2D eigenvalue weighted by Crippen LogP contribution is 2.36. The van der Waals surface area contributed by atoms with Gasteiger partial charge in [-0.15, -0.1) is 0 Å². The van der Waals surface area contributed by atoms with Gasteiger partial charge in [0.25, 0.3) is 0 Å². The zero-order chi connectivity index (χ0) is 38.0. The monoisotopic (exact) mass is 746 g/mol. The number of hydrogen-bond acceptors (Lipinski definition) is 7. The fourth-order valence-electron chi connectivity index (χ4n) is 9.43. The summed E-state index contributed by atoms with van der Waals surface area (Å²) in [4.78, 5) is 43.8. The minimum Gasteiger partial charge on any atom is -0.361 e. The molecule has 0 saturated carbocycles. The second-order valence-electron chi connectivity index (χ2n) is 16.0. The van der Waals surface area contributed by atoms with E-state index in [1.807, 2.05) is 36.4 Å². The molecule has 0 N–H and O–H groups in total. The third kappa shape index (κ3) is 7.44. The van der Waals surface area contributed by atoms with Gasteiger partial charge in [-0.1, -0.05) is 90.4 Å². The highest BCUT2D eigenvalue weighted by Gasteiger charge is 2.40. The molecule has 9 nitrogen and oxygen atoms in total. The molecule has 1 aromatic heterocycles. The van der Waals surface area contributed by atoms with Crippen molar-refractivity contribution in [2.75, 3.05) is 26.2 Å². The van der Waals surface area contributed by atoms with Crippen molar-refractivity contribution in [3.8, 4) is 11.1 Å². The number of piperidine rings is 1. The molecule has 0 bridgehead atoms. The van der Waals surface area contributed by atoms with Gasteiger partial charge in [0.15, 0.2) is 0 Å². The Labute approximate surface area is 329 Å². The lowest BCUT2D eigenvalue weighted by molar-refractivity contribution is -0.137. The number of carbonyl (C=O) groups is 2. The van der Waals surface area contributed by atoms with E-state index in [0.717, 1.165) is 117 Å². The van der Waals surface area contributed by atoms with Gasteiger partial charge in [-0.25, -0.2) is 0 Å². The van der Waals surface area contributed by atoms with Crippen molar-refractivity contribution in [3.63, 3.8) is 0 Å². The second-order valence-corrected chi connectivity index (χ2v) is 16.0. The van der Waals surface area contributed by atoms with Crippen molar-refractivity contribution in [1.29, 1.82) is 0 Å². The Kier molecular flexibility index (Phi) is 10.3. The Hall–Kier alpha value is -5.41. The fraction of sp³-hybridized carbons (Fsp3) is 0.383. The van der Waals surface area contributed by atoms with Crippen molar-refractivity contribution >= 4 is 34.4 Å². The maximum absolute atomic E-state index is 14.4. The van der Waals surface area contributed by atoms with E-state index in [1.54, 1.807) is 0 Å². The first-order chi connectivity index (χ1) is 27.5. The molecule has 3 aromatic carbocycles. The molecule has 5 aliphatic rings. The molecule has 2 amide bonds. The second kappa shape index (κ2) is 16.0. The molecular weight excluding hydrogens is 697 g/mol. The highest BCUT2D eigenvalue weighted by molar-refractivity contribution is 6.04. The van der Waals surface area contributed by atoms with Gasteiger partial charge in [0.2, 0.25) is 11.8 Å². The largest absolute Gasteiger partial charge is 0.361 e. The molecule has 3 atom stereocenters. The van der Waals surface area contributed by atoms with Crippen molar-refractivity contribution in [2.24, 2.45) is 9.98 Å². The first-order valence-electron chi connectivity index (χ1n) is 20.5. The van der Waals surface area contributed by atoms with Gasteiger partial charge in [0, 0.05) is 55.8 Å². The summed E-state index contributed by atoms with van der Waals surface area (Å²) in [5, 5.41) is 3.93. The molecule has 0 spiro atoms. The first-order valence-corrected chi connectivity index (χ1v) is 20.5. The van der Waals surface area contributed by atoms with Gasteiger partial charge in [-0.3, -0.25) is 24.5 Å². The number of allylic oxidation sites excluding steroid dienone is 2. The third-order valence-corrected chi connectivity index (χ3v) is 12.3. The summed E-state index contributed by atoms with van der Waals surface area (Å²) in [6.45, 7) is 5.35. The van der Waals surface area contributed by atoms with Crippen molar-refractivity contribution < 1.29 is 14.1 Å². The predicted molar refractivity (Wildman–Crippen MR) is 221 cm³/mol. The van der Waals surface area contributed by atoms with Crippen LogP contribution >= 0.6 is 0 Å². The molecule has 3 saturated heterocycles. The van der Waals surface area contributed by atoms with Crippen LogP contribution in [0.25, 0.3) is 22.3 Å². The number of carbonyl (C=O) groups excluding carboxylic acids is 2. The summed E-state index contributed by atoms with van der Waals surface area (Å²) in [7, 11) is 0. The van der Waals surface area contributed by atoms with Crippen molar-refractivity contribution in [2.45, 2.75) is 89.3 Å². The Bertz CT molecular complexity index is 2190. The van der Waals surface area contributed by atoms with Crippen molar-refractivity contribution in [1.82, 2.24) is 19.9 Å². The molecule has 9 heteroatoms. The molecule has 4 aromatic rings. The van der Waals surface area contributed by atoms with Crippen LogP contribution in [0, 0.1) is 6.92 Å². The Morgan fingerprint density at radius 2 is 1.23 bits per heavy atom. The van der Waals surface area contributed by atoms with Crippen LogP contribution in [0.4, 0.5) is 0 Å². The number of benzene rings is 3. The highest BCUT2D eigenvalue weighted by atomic mass is 16.5. The summed E-state index contributed by atoms with van der Waals surface area (Å²) in [5.74, 6) is 0.909. The molecular formula is C47H50N6O3. The van der Waals surface area contributed by atoms with Crippen LogP contribution in [-0.2, 0) is 16.0 Å². The van der Waals surface area contributed by atoms with E-state index in [-0.39, 0.29) is 36.4 Å². The van der Waals surface area contributed by atoms with Gasteiger partial charge in [-0.2, -0.15) is 0 Å². The summed E-state index contributed by atoms with van der Waals surface area (Å²) in [6, 6.07) is 29.6. The zero-order valence-corrected chi connectivity index (χ0v) is 32.3. The standard InChI is InChI=1S/C47H50N6O3/c1-32-26-40(56-50-32)29-45(54)52-24-8-12-43(52)41-27-38(30-48-41)35-18-14-33(15-19-35)34-16-20-36(21-17-34)39-28-42(49-31-39)44-13-9-25-53(44)47(55)46(37-10-4-2-5-11-37)51-22-6-3-7-23-51/h2,4-5,10-11,14-21,26,30-31,43-44,46H,3,6-9,12-13,22-25,27-29H2,1H3/t43-,44-,46+/m0/s1. The number of aryl methyl sites for hydroxylation is 1. The van der Waals surface area contributed by atoms with Crippen LogP contribution in [0.2, 0.25) is 0 Å². The van der Waals surface area contributed by atoms with E-state index in [9.17, 15) is 9.59 Å². The van der Waals surface area contributed by atoms with Gasteiger partial charge in [0.1, 0.15) is 11.8 Å². The molecule has 9 rings (SSSR count). The van der Waals surface area contributed by atoms with Gasteiger partial charge >= 0.3 is 0 Å². The topological polar surface area (TPSA) is 94.6 Å². The SMILES string of the molecule is Cc1cc(CC(=O)N2CCC[C@H]2C2=NC=C(c3ccc(-c4ccc(C5=CN=C([C@@H]6CCCN6C(=O)[C@@H](c6ccccc6)N6CCCCC6)C5)cc4)cc3)C2)on1. The summed E-state index contributed by atoms with van der Waals surface area (Å²) < 4.78 is 5.31. The molecule has 5 aliphatic heterocycles. The van der Waals surface area contributed by atoms with E-state index >= 15 is 0 Å². The average molecular weight is 747 g/mol.